The van der Waals surface area contributed by atoms with E-state index in [9.17, 15) is 18.0 Å². The Labute approximate surface area is 225 Å². The molecule has 1 saturated heterocycles. The van der Waals surface area contributed by atoms with E-state index in [1.54, 1.807) is 41.3 Å². The lowest BCUT2D eigenvalue weighted by Gasteiger charge is -2.26. The summed E-state index contributed by atoms with van der Waals surface area (Å²) in [7, 11) is -4.00. The van der Waals surface area contributed by atoms with Crippen LogP contribution in [0.2, 0.25) is 10.0 Å². The van der Waals surface area contributed by atoms with Crippen LogP contribution in [0.4, 0.5) is 5.69 Å². The second-order valence-electron chi connectivity index (χ2n) is 8.43. The molecular formula is C26H25Cl2N3O5S. The average molecular weight is 562 g/mol. The highest BCUT2D eigenvalue weighted by molar-refractivity contribution is 7.92. The molecule has 0 atom stereocenters. The van der Waals surface area contributed by atoms with Gasteiger partial charge in [0, 0.05) is 23.7 Å². The van der Waals surface area contributed by atoms with Gasteiger partial charge in [-0.1, -0.05) is 35.3 Å². The van der Waals surface area contributed by atoms with E-state index in [0.717, 1.165) is 19.3 Å². The third-order valence-corrected chi connectivity index (χ3v) is 7.69. The maximum atomic E-state index is 13.0. The molecule has 37 heavy (non-hydrogen) atoms. The molecule has 2 N–H and O–H groups in total. The predicted octanol–water partition coefficient (Wildman–Crippen LogP) is 5.33. The summed E-state index contributed by atoms with van der Waals surface area (Å²) >= 11 is 12.1. The van der Waals surface area contributed by atoms with Crippen molar-refractivity contribution in [2.75, 3.05) is 24.4 Å². The van der Waals surface area contributed by atoms with Gasteiger partial charge in [0.25, 0.3) is 15.9 Å². The largest absolute Gasteiger partial charge is 0.454 e. The molecule has 0 aliphatic carbocycles. The topological polar surface area (TPSA) is 105 Å². The number of carbonyl (C=O) groups excluding carboxylic acids is 2. The fourth-order valence-electron chi connectivity index (χ4n) is 3.82. The quantitative estimate of drug-likeness (QED) is 0.386. The van der Waals surface area contributed by atoms with Crippen molar-refractivity contribution in [2.24, 2.45) is 0 Å². The van der Waals surface area contributed by atoms with Crippen LogP contribution in [0.1, 0.15) is 29.6 Å². The van der Waals surface area contributed by atoms with Crippen molar-refractivity contribution in [3.63, 3.8) is 0 Å². The minimum atomic E-state index is -4.00. The van der Waals surface area contributed by atoms with E-state index < -0.39 is 15.9 Å². The van der Waals surface area contributed by atoms with Crippen molar-refractivity contribution in [3.05, 3.63) is 82.3 Å². The minimum absolute atomic E-state index is 0.0484. The van der Waals surface area contributed by atoms with Crippen molar-refractivity contribution < 1.29 is 22.7 Å². The molecule has 0 aromatic heterocycles. The van der Waals surface area contributed by atoms with Crippen LogP contribution in [0, 0.1) is 0 Å². The summed E-state index contributed by atoms with van der Waals surface area (Å²) in [6.07, 6.45) is 3.04. The normalized spacial score (nSPS) is 13.6. The zero-order valence-corrected chi connectivity index (χ0v) is 22.1. The van der Waals surface area contributed by atoms with Crippen LogP contribution in [0.5, 0.6) is 11.5 Å². The third-order valence-electron chi connectivity index (χ3n) is 5.78. The summed E-state index contributed by atoms with van der Waals surface area (Å²) in [6, 6.07) is 16.7. The number of benzene rings is 3. The zero-order valence-electron chi connectivity index (χ0n) is 19.7. The maximum absolute atomic E-state index is 13.0. The molecule has 0 saturated carbocycles. The lowest BCUT2D eigenvalue weighted by atomic mass is 10.1. The van der Waals surface area contributed by atoms with E-state index in [1.165, 1.54) is 30.3 Å². The van der Waals surface area contributed by atoms with E-state index in [0.29, 0.717) is 23.9 Å². The molecule has 0 radical (unpaired) electrons. The van der Waals surface area contributed by atoms with Crippen molar-refractivity contribution in [1.82, 2.24) is 10.2 Å². The summed E-state index contributed by atoms with van der Waals surface area (Å²) < 4.78 is 34.4. The van der Waals surface area contributed by atoms with Gasteiger partial charge in [0.05, 0.1) is 22.2 Å². The zero-order chi connectivity index (χ0) is 26.4. The van der Waals surface area contributed by atoms with E-state index in [1.807, 2.05) is 0 Å². The number of nitrogens with one attached hydrogen (secondary N) is 2. The van der Waals surface area contributed by atoms with Gasteiger partial charge in [0.2, 0.25) is 5.91 Å². The molecule has 194 valence electrons. The highest BCUT2D eigenvalue weighted by Crippen LogP contribution is 2.35. The van der Waals surface area contributed by atoms with E-state index in [-0.39, 0.29) is 39.4 Å². The molecular weight excluding hydrogens is 537 g/mol. The highest BCUT2D eigenvalue weighted by Gasteiger charge is 2.20. The highest BCUT2D eigenvalue weighted by atomic mass is 35.5. The number of sulfonamides is 1. The number of para-hydroxylation sites is 2. The lowest BCUT2D eigenvalue weighted by Crippen LogP contribution is -2.42. The van der Waals surface area contributed by atoms with Gasteiger partial charge in [0.15, 0.2) is 5.75 Å². The van der Waals surface area contributed by atoms with Crippen molar-refractivity contribution in [3.8, 4) is 11.5 Å². The molecule has 0 unspecified atom stereocenters. The van der Waals surface area contributed by atoms with Gasteiger partial charge in [-0.2, -0.15) is 0 Å². The second kappa shape index (κ2) is 11.9. The molecule has 0 spiro atoms. The third kappa shape index (κ3) is 6.94. The fourth-order valence-corrected chi connectivity index (χ4v) is 5.34. The average Bonchev–Trinajstić information content (AvgIpc) is 2.90. The minimum Gasteiger partial charge on any atom is -0.454 e. The molecule has 0 bridgehead atoms. The molecule has 11 heteroatoms. The summed E-state index contributed by atoms with van der Waals surface area (Å²) in [5.74, 6) is -0.0328. The van der Waals surface area contributed by atoms with Gasteiger partial charge in [-0.3, -0.25) is 14.3 Å². The number of carbonyl (C=O) groups is 2. The van der Waals surface area contributed by atoms with E-state index in [2.05, 4.69) is 10.0 Å². The lowest BCUT2D eigenvalue weighted by molar-refractivity contribution is -0.130. The Hall–Kier alpha value is -3.27. The molecule has 8 nitrogen and oxygen atoms in total. The number of likely N-dealkylation sites (tertiary alicyclic amines) is 1. The SMILES string of the molecule is O=C(NCC(=O)N1CCCCC1)c1ccc(S(=O)(=O)Nc2ccccc2Oc2ccc(Cl)cc2Cl)cc1. The Morgan fingerprint density at radius 1 is 0.892 bits per heavy atom. The van der Waals surface area contributed by atoms with E-state index in [4.69, 9.17) is 27.9 Å². The number of halogens is 2. The van der Waals surface area contributed by atoms with Gasteiger partial charge in [-0.15, -0.1) is 0 Å². The van der Waals surface area contributed by atoms with Gasteiger partial charge in [-0.05, 0) is 73.9 Å². The van der Waals surface area contributed by atoms with Crippen molar-refractivity contribution in [1.29, 1.82) is 0 Å². The first-order valence-corrected chi connectivity index (χ1v) is 13.9. The molecule has 3 aromatic rings. The van der Waals surface area contributed by atoms with Crippen LogP contribution in [0.3, 0.4) is 0 Å². The summed E-state index contributed by atoms with van der Waals surface area (Å²) in [4.78, 5) is 26.4. The van der Waals surface area contributed by atoms with Crippen molar-refractivity contribution >= 4 is 50.7 Å². The fraction of sp³-hybridized carbons (Fsp3) is 0.231. The predicted molar refractivity (Wildman–Crippen MR) is 143 cm³/mol. The van der Waals surface area contributed by atoms with Crippen LogP contribution >= 0.6 is 23.2 Å². The number of anilines is 1. The summed E-state index contributed by atoms with van der Waals surface area (Å²) in [5.41, 5.74) is 0.443. The van der Waals surface area contributed by atoms with E-state index >= 15 is 0 Å². The first-order chi connectivity index (χ1) is 17.7. The van der Waals surface area contributed by atoms with Crippen LogP contribution in [0.15, 0.2) is 71.6 Å². The van der Waals surface area contributed by atoms with Crippen LogP contribution < -0.4 is 14.8 Å². The van der Waals surface area contributed by atoms with Gasteiger partial charge in [0.1, 0.15) is 5.75 Å². The molecule has 4 rings (SSSR count). The monoisotopic (exact) mass is 561 g/mol. The Bertz CT molecular complexity index is 1390. The van der Waals surface area contributed by atoms with Gasteiger partial charge < -0.3 is 15.0 Å². The molecule has 1 heterocycles. The molecule has 2 amide bonds. The van der Waals surface area contributed by atoms with Gasteiger partial charge in [-0.25, -0.2) is 8.42 Å². The van der Waals surface area contributed by atoms with Gasteiger partial charge >= 0.3 is 0 Å². The number of piperidine rings is 1. The van der Waals surface area contributed by atoms with Crippen LogP contribution in [-0.2, 0) is 14.8 Å². The number of hydrogen-bond donors (Lipinski definition) is 2. The molecule has 1 fully saturated rings. The summed E-state index contributed by atoms with van der Waals surface area (Å²) in [6.45, 7) is 1.30. The molecule has 3 aromatic carbocycles. The first kappa shape index (κ1) is 26.8. The first-order valence-electron chi connectivity index (χ1n) is 11.6. The number of amides is 2. The number of nitrogens with zero attached hydrogens (tertiary/aromatic N) is 1. The number of rotatable bonds is 8. The Balaban J connectivity index is 1.41. The Morgan fingerprint density at radius 3 is 2.30 bits per heavy atom. The van der Waals surface area contributed by atoms with Crippen molar-refractivity contribution in [2.45, 2.75) is 24.2 Å². The van der Waals surface area contributed by atoms with Crippen LogP contribution in [0.25, 0.3) is 0 Å². The second-order valence-corrected chi connectivity index (χ2v) is 11.0. The Morgan fingerprint density at radius 2 is 1.59 bits per heavy atom. The maximum Gasteiger partial charge on any atom is 0.262 e. The standard InChI is InChI=1S/C26H25Cl2N3O5S/c27-19-10-13-23(21(28)16-19)36-24-7-3-2-6-22(24)30-37(34,35)20-11-8-18(9-12-20)26(33)29-17-25(32)31-14-4-1-5-15-31/h2-3,6-13,16,30H,1,4-5,14-15,17H2,(H,29,33). The number of ether oxygens (including phenoxy) is 1. The number of hydrogen-bond acceptors (Lipinski definition) is 5. The van der Waals surface area contributed by atoms with Crippen LogP contribution in [-0.4, -0.2) is 44.8 Å². The molecule has 1 aliphatic heterocycles. The Kier molecular flexibility index (Phi) is 8.58. The smallest absolute Gasteiger partial charge is 0.262 e. The summed E-state index contributed by atoms with van der Waals surface area (Å²) in [5, 5.41) is 3.32. The molecule has 1 aliphatic rings.